The highest BCUT2D eigenvalue weighted by molar-refractivity contribution is 5.73. The SMILES string of the molecule is OC[C@H]1OC(n2cnc3cnccc32)[C@@H](O)[C@@H]1O. The summed E-state index contributed by atoms with van der Waals surface area (Å²) in [6.07, 6.45) is 0.975. The molecule has 0 saturated carbocycles. The smallest absolute Gasteiger partial charge is 0.164 e. The van der Waals surface area contributed by atoms with E-state index in [1.54, 1.807) is 23.0 Å². The van der Waals surface area contributed by atoms with Crippen LogP contribution < -0.4 is 0 Å². The maximum atomic E-state index is 9.94. The Kier molecular flexibility index (Phi) is 2.75. The van der Waals surface area contributed by atoms with Gasteiger partial charge in [0.15, 0.2) is 6.23 Å². The molecule has 1 aliphatic heterocycles. The molecule has 2 aromatic rings. The van der Waals surface area contributed by atoms with Crippen molar-refractivity contribution in [2.45, 2.75) is 24.5 Å². The molecule has 0 bridgehead atoms. The Hall–Kier alpha value is -1.54. The van der Waals surface area contributed by atoms with E-state index in [1.165, 1.54) is 6.33 Å². The van der Waals surface area contributed by atoms with E-state index in [9.17, 15) is 10.2 Å². The Labute approximate surface area is 102 Å². The minimum Gasteiger partial charge on any atom is -0.394 e. The monoisotopic (exact) mass is 251 g/mol. The van der Waals surface area contributed by atoms with Gasteiger partial charge in [0.05, 0.1) is 24.6 Å². The van der Waals surface area contributed by atoms with Crippen LogP contribution in [0.4, 0.5) is 0 Å². The first-order valence-corrected chi connectivity index (χ1v) is 5.61. The average molecular weight is 251 g/mol. The van der Waals surface area contributed by atoms with Gasteiger partial charge in [0.25, 0.3) is 0 Å². The van der Waals surface area contributed by atoms with Gasteiger partial charge in [0.1, 0.15) is 23.8 Å². The number of aromatic nitrogens is 3. The molecule has 7 heteroatoms. The number of aliphatic hydroxyl groups excluding tert-OH is 3. The van der Waals surface area contributed by atoms with Crippen LogP contribution in [0, 0.1) is 0 Å². The van der Waals surface area contributed by atoms with Crippen molar-refractivity contribution in [3.63, 3.8) is 0 Å². The van der Waals surface area contributed by atoms with Crippen LogP contribution in [0.1, 0.15) is 6.23 Å². The second-order valence-corrected chi connectivity index (χ2v) is 4.25. The van der Waals surface area contributed by atoms with Gasteiger partial charge in [0.2, 0.25) is 0 Å². The van der Waals surface area contributed by atoms with Gasteiger partial charge in [-0.3, -0.25) is 4.98 Å². The first-order chi connectivity index (χ1) is 8.72. The third-order valence-electron chi connectivity index (χ3n) is 3.17. The lowest BCUT2D eigenvalue weighted by Crippen LogP contribution is -2.33. The van der Waals surface area contributed by atoms with Crippen LogP contribution in [0.2, 0.25) is 0 Å². The molecule has 0 aliphatic carbocycles. The topological polar surface area (TPSA) is 101 Å². The number of aliphatic hydroxyl groups is 3. The van der Waals surface area contributed by atoms with E-state index in [4.69, 9.17) is 9.84 Å². The zero-order valence-electron chi connectivity index (χ0n) is 9.42. The second-order valence-electron chi connectivity index (χ2n) is 4.25. The normalized spacial score (nSPS) is 32.2. The van der Waals surface area contributed by atoms with Crippen LogP contribution in [0.5, 0.6) is 0 Å². The summed E-state index contributed by atoms with van der Waals surface area (Å²) in [6.45, 7) is -0.344. The maximum Gasteiger partial charge on any atom is 0.164 e. The predicted molar refractivity (Wildman–Crippen MR) is 60.5 cm³/mol. The highest BCUT2D eigenvalue weighted by atomic mass is 16.6. The fraction of sp³-hybridized carbons (Fsp3) is 0.455. The summed E-state index contributed by atoms with van der Waals surface area (Å²) in [5, 5.41) is 28.7. The van der Waals surface area contributed by atoms with E-state index < -0.39 is 24.5 Å². The Bertz CT molecular complexity index is 558. The van der Waals surface area contributed by atoms with Crippen molar-refractivity contribution in [2.24, 2.45) is 0 Å². The fourth-order valence-electron chi connectivity index (χ4n) is 2.20. The van der Waals surface area contributed by atoms with Gasteiger partial charge in [-0.2, -0.15) is 0 Å². The van der Waals surface area contributed by atoms with Gasteiger partial charge >= 0.3 is 0 Å². The molecule has 18 heavy (non-hydrogen) atoms. The largest absolute Gasteiger partial charge is 0.394 e. The minimum absolute atomic E-state index is 0.344. The van der Waals surface area contributed by atoms with E-state index in [0.717, 1.165) is 5.52 Å². The lowest BCUT2D eigenvalue weighted by atomic mass is 10.1. The van der Waals surface area contributed by atoms with E-state index in [-0.39, 0.29) is 6.61 Å². The summed E-state index contributed by atoms with van der Waals surface area (Å²) >= 11 is 0. The lowest BCUT2D eigenvalue weighted by Gasteiger charge is -2.16. The molecule has 7 nitrogen and oxygen atoms in total. The van der Waals surface area contributed by atoms with Crippen molar-refractivity contribution in [2.75, 3.05) is 6.61 Å². The van der Waals surface area contributed by atoms with E-state index >= 15 is 0 Å². The van der Waals surface area contributed by atoms with Gasteiger partial charge < -0.3 is 24.6 Å². The Morgan fingerprint density at radius 2 is 2.17 bits per heavy atom. The molecular formula is C11H13N3O4. The third kappa shape index (κ3) is 1.60. The highest BCUT2D eigenvalue weighted by Crippen LogP contribution is 2.31. The lowest BCUT2D eigenvalue weighted by molar-refractivity contribution is -0.0508. The quantitative estimate of drug-likeness (QED) is 0.635. The Morgan fingerprint density at radius 3 is 2.89 bits per heavy atom. The van der Waals surface area contributed by atoms with E-state index in [2.05, 4.69) is 9.97 Å². The number of ether oxygens (including phenoxy) is 1. The molecule has 0 aromatic carbocycles. The van der Waals surface area contributed by atoms with Crippen molar-refractivity contribution >= 4 is 11.0 Å². The van der Waals surface area contributed by atoms with Gasteiger partial charge in [-0.25, -0.2) is 4.98 Å². The molecule has 3 N–H and O–H groups in total. The van der Waals surface area contributed by atoms with E-state index in [0.29, 0.717) is 5.52 Å². The van der Waals surface area contributed by atoms with Crippen molar-refractivity contribution in [1.29, 1.82) is 0 Å². The molecule has 3 rings (SSSR count). The fourth-order valence-corrected chi connectivity index (χ4v) is 2.20. The molecule has 2 aromatic heterocycles. The first-order valence-electron chi connectivity index (χ1n) is 5.61. The highest BCUT2D eigenvalue weighted by Gasteiger charge is 2.43. The van der Waals surface area contributed by atoms with Gasteiger partial charge in [-0.1, -0.05) is 0 Å². The van der Waals surface area contributed by atoms with Crippen LogP contribution >= 0.6 is 0 Å². The summed E-state index contributed by atoms with van der Waals surface area (Å²) in [6, 6.07) is 1.75. The number of rotatable bonds is 2. The molecular weight excluding hydrogens is 238 g/mol. The minimum atomic E-state index is -1.11. The van der Waals surface area contributed by atoms with Crippen molar-refractivity contribution in [3.05, 3.63) is 24.8 Å². The summed E-state index contributed by atoms with van der Waals surface area (Å²) in [4.78, 5) is 8.09. The predicted octanol–water partition coefficient (Wildman–Crippen LogP) is -0.957. The Morgan fingerprint density at radius 1 is 1.33 bits per heavy atom. The number of fused-ring (bicyclic) bond motifs is 1. The molecule has 0 radical (unpaired) electrons. The molecule has 1 fully saturated rings. The van der Waals surface area contributed by atoms with Gasteiger partial charge in [0, 0.05) is 6.20 Å². The molecule has 1 unspecified atom stereocenters. The van der Waals surface area contributed by atoms with Crippen LogP contribution in [0.15, 0.2) is 24.8 Å². The van der Waals surface area contributed by atoms with Gasteiger partial charge in [-0.05, 0) is 6.07 Å². The number of nitrogens with zero attached hydrogens (tertiary/aromatic N) is 3. The van der Waals surface area contributed by atoms with Crippen molar-refractivity contribution in [1.82, 2.24) is 14.5 Å². The summed E-state index contributed by atoms with van der Waals surface area (Å²) in [7, 11) is 0. The molecule has 1 saturated heterocycles. The van der Waals surface area contributed by atoms with Gasteiger partial charge in [-0.15, -0.1) is 0 Å². The third-order valence-corrected chi connectivity index (χ3v) is 3.17. The summed E-state index contributed by atoms with van der Waals surface area (Å²) in [5.74, 6) is 0. The number of pyridine rings is 1. The molecule has 4 atom stereocenters. The summed E-state index contributed by atoms with van der Waals surface area (Å²) in [5.41, 5.74) is 1.43. The van der Waals surface area contributed by atoms with Crippen molar-refractivity contribution < 1.29 is 20.1 Å². The zero-order valence-corrected chi connectivity index (χ0v) is 9.42. The number of hydrogen-bond acceptors (Lipinski definition) is 6. The zero-order chi connectivity index (χ0) is 12.7. The number of hydrogen-bond donors (Lipinski definition) is 3. The van der Waals surface area contributed by atoms with E-state index in [1.807, 2.05) is 0 Å². The number of imidazole rings is 1. The molecule has 3 heterocycles. The van der Waals surface area contributed by atoms with Crippen molar-refractivity contribution in [3.8, 4) is 0 Å². The van der Waals surface area contributed by atoms with Crippen LogP contribution in [0.3, 0.4) is 0 Å². The second kappa shape index (κ2) is 4.29. The standard InChI is InChI=1S/C11H13N3O4/c15-4-8-9(16)10(17)11(18-8)14-5-13-6-3-12-2-1-7(6)14/h1-3,5,8-11,15-17H,4H2/t8-,9-,10+,11?/m1/s1. The molecule has 0 amide bonds. The van der Waals surface area contributed by atoms with Crippen LogP contribution in [0.25, 0.3) is 11.0 Å². The molecule has 0 spiro atoms. The van der Waals surface area contributed by atoms with Crippen LogP contribution in [-0.2, 0) is 4.74 Å². The Balaban J connectivity index is 2.00. The van der Waals surface area contributed by atoms with Crippen LogP contribution in [-0.4, -0.2) is 54.8 Å². The maximum absolute atomic E-state index is 9.94. The molecule has 1 aliphatic rings. The summed E-state index contributed by atoms with van der Waals surface area (Å²) < 4.78 is 7.07. The molecule has 96 valence electrons. The first kappa shape index (κ1) is 11.5. The average Bonchev–Trinajstić information content (AvgIpc) is 2.93.